The summed E-state index contributed by atoms with van der Waals surface area (Å²) in [5.41, 5.74) is 0.136. The van der Waals surface area contributed by atoms with Gasteiger partial charge in [-0.15, -0.1) is 8.53 Å². The highest BCUT2D eigenvalue weighted by molar-refractivity contribution is 7.86. The van der Waals surface area contributed by atoms with Crippen molar-refractivity contribution in [2.75, 3.05) is 38.1 Å². The van der Waals surface area contributed by atoms with E-state index in [1.807, 2.05) is 6.92 Å². The van der Waals surface area contributed by atoms with Crippen LogP contribution in [-0.2, 0) is 4.74 Å². The number of rotatable bonds is 10. The Balaban J connectivity index is 3.63. The number of thiol groups is 1. The molecule has 0 aliphatic carbocycles. The van der Waals surface area contributed by atoms with Gasteiger partial charge in [0, 0.05) is 17.5 Å². The second-order valence-electron chi connectivity index (χ2n) is 3.66. The lowest BCUT2D eigenvalue weighted by molar-refractivity contribution is -0.0295. The zero-order valence-corrected chi connectivity index (χ0v) is 11.1. The minimum Gasteiger partial charge on any atom is -0.396 e. The number of aliphatic hydroxyl groups is 2. The van der Waals surface area contributed by atoms with Crippen molar-refractivity contribution in [3.05, 3.63) is 0 Å². The zero-order valence-electron chi connectivity index (χ0n) is 10.4. The molecule has 5 heteroatoms. The van der Waals surface area contributed by atoms with Gasteiger partial charge in [0.15, 0.2) is 0 Å². The van der Waals surface area contributed by atoms with E-state index in [0.29, 0.717) is 25.1 Å². The molecule has 0 spiro atoms. The van der Waals surface area contributed by atoms with E-state index in [1.54, 1.807) is 0 Å². The Labute approximate surface area is 101 Å². The largest absolute Gasteiger partial charge is 0.396 e. The number of aliphatic hydroxyl groups excluding tert-OH is 2. The molecular formula is C10H23O3PS. The molecule has 0 aromatic heterocycles. The first-order valence-electron chi connectivity index (χ1n) is 5.73. The molecule has 1 atom stereocenters. The molecule has 0 aliphatic rings. The lowest BCUT2D eigenvalue weighted by Gasteiger charge is -2.27. The van der Waals surface area contributed by atoms with Gasteiger partial charge in [0.25, 0.3) is 0 Å². The molecular weight excluding hydrogens is 231 g/mol. The number of hydrogen-bond acceptors (Lipinski definition) is 4. The second kappa shape index (κ2) is 9.86. The maximum atomic E-state index is 9.18. The fourth-order valence-corrected chi connectivity index (χ4v) is 2.02. The predicted octanol–water partition coefficient (Wildman–Crippen LogP) is 1.34. The molecule has 0 radical (unpaired) electrons. The lowest BCUT2D eigenvalue weighted by atomic mass is 9.88. The third kappa shape index (κ3) is 6.75. The summed E-state index contributed by atoms with van der Waals surface area (Å²) in [6.07, 6.45) is 2.39. The van der Waals surface area contributed by atoms with Crippen molar-refractivity contribution < 1.29 is 14.9 Å². The molecule has 0 aliphatic heterocycles. The average molecular weight is 255 g/mol. The van der Waals surface area contributed by atoms with E-state index in [1.165, 1.54) is 0 Å². The molecule has 15 heavy (non-hydrogen) atoms. The molecule has 3 nitrogen and oxygen atoms in total. The Bertz CT molecular complexity index is 162. The highest BCUT2D eigenvalue weighted by atomic mass is 32.1. The van der Waals surface area contributed by atoms with E-state index in [4.69, 9.17) is 6.02 Å². The van der Waals surface area contributed by atoms with Crippen molar-refractivity contribution in [3.8, 4) is 0 Å². The van der Waals surface area contributed by atoms with Gasteiger partial charge < -0.3 is 14.9 Å². The molecule has 0 bridgehead atoms. The molecule has 0 fully saturated rings. The van der Waals surface area contributed by atoms with Crippen molar-refractivity contribution in [2.24, 2.45) is 5.41 Å². The zero-order chi connectivity index (χ0) is 12.4. The predicted molar refractivity (Wildman–Crippen MR) is 69.4 cm³/mol. The summed E-state index contributed by atoms with van der Waals surface area (Å²) in [6, 6.07) is 0. The Morgan fingerprint density at radius 3 is 2.60 bits per heavy atom. The van der Waals surface area contributed by atoms with Gasteiger partial charge in [-0.05, 0) is 19.0 Å². The van der Waals surface area contributed by atoms with Crippen molar-refractivity contribution >= 4 is 21.2 Å². The summed E-state index contributed by atoms with van der Waals surface area (Å²) in [7, 11) is -0.698. The van der Waals surface area contributed by atoms with Gasteiger partial charge in [-0.25, -0.2) is 0 Å². The van der Waals surface area contributed by atoms with E-state index in [9.17, 15) is 10.2 Å². The molecule has 0 amide bonds. The Morgan fingerprint density at radius 2 is 2.13 bits per heavy atom. The summed E-state index contributed by atoms with van der Waals surface area (Å²) >= 11 is 4.07. The fraction of sp³-hybridized carbons (Fsp3) is 1.00. The van der Waals surface area contributed by atoms with Crippen LogP contribution in [-0.4, -0.2) is 49.6 Å². The van der Waals surface area contributed by atoms with Crippen LogP contribution in [0.2, 0.25) is 0 Å². The van der Waals surface area contributed by atoms with E-state index >= 15 is 0 Å². The number of hydrogen-bond donors (Lipinski definition) is 3. The maximum absolute atomic E-state index is 9.18. The van der Waals surface area contributed by atoms with Crippen LogP contribution in [0.1, 0.15) is 19.8 Å². The number of ether oxygens (including phenoxy) is 1. The molecule has 0 saturated carbocycles. The maximum Gasteiger partial charge on any atom is 0.0588 e. The molecule has 1 unspecified atom stereocenters. The van der Waals surface area contributed by atoms with Crippen molar-refractivity contribution in [1.29, 1.82) is 1.28 Å². The molecule has 2 N–H and O–H groups in total. The SMILES string of the molecule is [2H]P(CS)CCCOCC(CC)(CO)CO. The van der Waals surface area contributed by atoms with Crippen LogP contribution in [0, 0.1) is 5.41 Å². The first-order valence-corrected chi connectivity index (χ1v) is 7.18. The third-order valence-corrected chi connectivity index (χ3v) is 3.97. The monoisotopic (exact) mass is 255 g/mol. The normalized spacial score (nSPS) is 15.1. The molecule has 0 aromatic rings. The first-order chi connectivity index (χ1) is 7.64. The van der Waals surface area contributed by atoms with Crippen LogP contribution < -0.4 is 0 Å². The van der Waals surface area contributed by atoms with Crippen LogP contribution in [0.3, 0.4) is 0 Å². The highest BCUT2D eigenvalue weighted by Crippen LogP contribution is 2.21. The summed E-state index contributed by atoms with van der Waals surface area (Å²) in [6.45, 7) is 2.80. The molecule has 0 aromatic carbocycles. The van der Waals surface area contributed by atoms with E-state index in [-0.39, 0.29) is 13.2 Å². The summed E-state index contributed by atoms with van der Waals surface area (Å²) in [5, 5.41) is 18.4. The van der Waals surface area contributed by atoms with Gasteiger partial charge >= 0.3 is 0 Å². The minimum absolute atomic E-state index is 0.0538. The third-order valence-electron chi connectivity index (χ3n) is 2.53. The molecule has 0 rings (SSSR count). The van der Waals surface area contributed by atoms with E-state index in [0.717, 1.165) is 12.6 Å². The Morgan fingerprint density at radius 1 is 1.47 bits per heavy atom. The van der Waals surface area contributed by atoms with Gasteiger partial charge in [-0.1, -0.05) is 6.92 Å². The summed E-state index contributed by atoms with van der Waals surface area (Å²) in [4.78, 5) is 0. The standard InChI is InChI=1S/C10H23O3PS/c1-2-10(6-11,7-12)8-13-4-3-5-14-9-15/h11-12,14-15H,2-9H2,1H3/i14D. The van der Waals surface area contributed by atoms with Crippen molar-refractivity contribution in [2.45, 2.75) is 19.8 Å². The minimum atomic E-state index is -0.698. The average Bonchev–Trinajstić information content (AvgIpc) is 2.34. The van der Waals surface area contributed by atoms with Crippen LogP contribution in [0.25, 0.3) is 0 Å². The molecule has 92 valence electrons. The smallest absolute Gasteiger partial charge is 0.0588 e. The Hall–Kier alpha value is 0.660. The molecule has 0 heterocycles. The van der Waals surface area contributed by atoms with Crippen molar-refractivity contribution in [3.63, 3.8) is 0 Å². The highest BCUT2D eigenvalue weighted by Gasteiger charge is 2.26. The van der Waals surface area contributed by atoms with Crippen LogP contribution in [0.5, 0.6) is 0 Å². The molecule has 0 saturated heterocycles. The van der Waals surface area contributed by atoms with Gasteiger partial charge in [0.1, 0.15) is 0 Å². The van der Waals surface area contributed by atoms with Gasteiger partial charge in [0.2, 0.25) is 0 Å². The summed E-state index contributed by atoms with van der Waals surface area (Å²) in [5.74, 6) is 0. The first kappa shape index (κ1) is 13.7. The van der Waals surface area contributed by atoms with Gasteiger partial charge in [-0.3, -0.25) is 0 Å². The van der Waals surface area contributed by atoms with Crippen LogP contribution in [0.4, 0.5) is 0 Å². The van der Waals surface area contributed by atoms with E-state index < -0.39 is 13.9 Å². The lowest BCUT2D eigenvalue weighted by Crippen LogP contribution is -2.34. The topological polar surface area (TPSA) is 49.7 Å². The van der Waals surface area contributed by atoms with Crippen LogP contribution in [0.15, 0.2) is 0 Å². The van der Waals surface area contributed by atoms with Gasteiger partial charge in [0.05, 0.1) is 21.1 Å². The Kier molecular flexibility index (Phi) is 9.02. The second-order valence-corrected chi connectivity index (χ2v) is 5.69. The van der Waals surface area contributed by atoms with Crippen LogP contribution >= 0.6 is 21.2 Å². The van der Waals surface area contributed by atoms with E-state index in [2.05, 4.69) is 12.6 Å². The quantitative estimate of drug-likeness (QED) is 0.314. The van der Waals surface area contributed by atoms with Gasteiger partial charge in [-0.2, -0.15) is 12.6 Å². The summed E-state index contributed by atoms with van der Waals surface area (Å²) < 4.78 is 13.0. The van der Waals surface area contributed by atoms with Crippen molar-refractivity contribution in [1.82, 2.24) is 0 Å². The fourth-order valence-electron chi connectivity index (χ4n) is 1.10.